The number of rotatable bonds is 2. The van der Waals surface area contributed by atoms with Crippen LogP contribution in [0.5, 0.6) is 0 Å². The summed E-state index contributed by atoms with van der Waals surface area (Å²) >= 11 is 0. The van der Waals surface area contributed by atoms with Gasteiger partial charge in [0.15, 0.2) is 0 Å². The van der Waals surface area contributed by atoms with E-state index in [4.69, 9.17) is 0 Å². The molecule has 0 aliphatic carbocycles. The van der Waals surface area contributed by atoms with Crippen LogP contribution in [0.15, 0.2) is 54.7 Å². The molecule has 2 fully saturated rings. The van der Waals surface area contributed by atoms with Crippen LogP contribution in [-0.2, 0) is 7.05 Å². The lowest BCUT2D eigenvalue weighted by Crippen LogP contribution is -2.35. The number of pyridine rings is 1. The van der Waals surface area contributed by atoms with Crippen molar-refractivity contribution in [2.75, 3.05) is 19.6 Å². The molecule has 2 aliphatic rings. The van der Waals surface area contributed by atoms with E-state index < -0.39 is 0 Å². The van der Waals surface area contributed by atoms with E-state index in [-0.39, 0.29) is 36.8 Å². The standard InChI is InChI=1S/C21H22N4O.2ClH/c1-24-10-9-15-7-8-18(23-20(15)24)21(26)25-13-16-11-22-12-17(16)19(25)14-5-3-2-4-6-14;;/h2-10,16-17,19,22H,11-13H2,1H3;2*1H/t16-,17-,19+;;/m0../s1. The zero-order valence-corrected chi connectivity index (χ0v) is 17.2. The minimum Gasteiger partial charge on any atom is -0.336 e. The van der Waals surface area contributed by atoms with Crippen LogP contribution in [-0.4, -0.2) is 40.0 Å². The van der Waals surface area contributed by atoms with E-state index in [1.165, 1.54) is 5.56 Å². The number of hydrogen-bond donors (Lipinski definition) is 1. The predicted molar refractivity (Wildman–Crippen MR) is 115 cm³/mol. The molecule has 5 nitrogen and oxygen atoms in total. The number of fused-ring (bicyclic) bond motifs is 2. The van der Waals surface area contributed by atoms with Gasteiger partial charge in [-0.2, -0.15) is 0 Å². The number of aromatic nitrogens is 2. The van der Waals surface area contributed by atoms with Crippen molar-refractivity contribution in [3.05, 3.63) is 66.0 Å². The number of carbonyl (C=O) groups excluding carboxylic acids is 1. The fraction of sp³-hybridized carbons (Fsp3) is 0.333. The molecule has 3 atom stereocenters. The Bertz CT molecular complexity index is 975. The molecule has 2 saturated heterocycles. The first-order valence-electron chi connectivity index (χ1n) is 9.21. The third-order valence-corrected chi connectivity index (χ3v) is 5.90. The summed E-state index contributed by atoms with van der Waals surface area (Å²) in [5.74, 6) is 1.03. The highest BCUT2D eigenvalue weighted by Crippen LogP contribution is 2.43. The molecule has 0 unspecified atom stereocenters. The van der Waals surface area contributed by atoms with Gasteiger partial charge in [-0.25, -0.2) is 4.98 Å². The molecule has 4 heterocycles. The first kappa shape index (κ1) is 20.6. The summed E-state index contributed by atoms with van der Waals surface area (Å²) in [5, 5.41) is 4.56. The molecule has 0 spiro atoms. The van der Waals surface area contributed by atoms with Gasteiger partial charge >= 0.3 is 0 Å². The highest BCUT2D eigenvalue weighted by atomic mass is 35.5. The third-order valence-electron chi connectivity index (χ3n) is 5.90. The number of benzene rings is 1. The van der Waals surface area contributed by atoms with Crippen LogP contribution in [0.4, 0.5) is 0 Å². The van der Waals surface area contributed by atoms with Gasteiger partial charge < -0.3 is 14.8 Å². The van der Waals surface area contributed by atoms with Crippen LogP contribution < -0.4 is 5.32 Å². The Balaban J connectivity index is 0.00000112. The van der Waals surface area contributed by atoms with E-state index in [0.29, 0.717) is 17.5 Å². The molecule has 5 rings (SSSR count). The van der Waals surface area contributed by atoms with Crippen molar-refractivity contribution >= 4 is 41.8 Å². The van der Waals surface area contributed by atoms with Crippen molar-refractivity contribution in [2.24, 2.45) is 18.9 Å². The van der Waals surface area contributed by atoms with Crippen molar-refractivity contribution in [3.63, 3.8) is 0 Å². The van der Waals surface area contributed by atoms with Gasteiger partial charge in [0, 0.05) is 44.2 Å². The molecule has 148 valence electrons. The average molecular weight is 419 g/mol. The Kier molecular flexibility index (Phi) is 5.98. The molecule has 2 aromatic heterocycles. The van der Waals surface area contributed by atoms with E-state index in [9.17, 15) is 4.79 Å². The summed E-state index contributed by atoms with van der Waals surface area (Å²) in [6.45, 7) is 2.75. The number of likely N-dealkylation sites (tertiary alicyclic amines) is 1. The molecular weight excluding hydrogens is 395 g/mol. The fourth-order valence-corrected chi connectivity index (χ4v) is 4.61. The van der Waals surface area contributed by atoms with E-state index in [1.54, 1.807) is 0 Å². The molecule has 0 bridgehead atoms. The molecule has 1 aromatic carbocycles. The van der Waals surface area contributed by atoms with Crippen LogP contribution in [0.25, 0.3) is 11.0 Å². The van der Waals surface area contributed by atoms with Crippen LogP contribution in [0, 0.1) is 11.8 Å². The minimum absolute atomic E-state index is 0. The van der Waals surface area contributed by atoms with Gasteiger partial charge in [0.25, 0.3) is 5.91 Å². The van der Waals surface area contributed by atoms with Crippen LogP contribution >= 0.6 is 24.8 Å². The van der Waals surface area contributed by atoms with Gasteiger partial charge in [-0.3, -0.25) is 4.79 Å². The lowest BCUT2D eigenvalue weighted by Gasteiger charge is -2.28. The molecule has 0 saturated carbocycles. The molecule has 2 aliphatic heterocycles. The van der Waals surface area contributed by atoms with Gasteiger partial charge in [-0.1, -0.05) is 30.3 Å². The van der Waals surface area contributed by atoms with Crippen molar-refractivity contribution < 1.29 is 4.79 Å². The zero-order valence-electron chi connectivity index (χ0n) is 15.6. The van der Waals surface area contributed by atoms with Gasteiger partial charge in [-0.15, -0.1) is 24.8 Å². The first-order valence-corrected chi connectivity index (χ1v) is 9.21. The summed E-state index contributed by atoms with van der Waals surface area (Å²) < 4.78 is 1.96. The van der Waals surface area contributed by atoms with E-state index in [0.717, 1.165) is 30.7 Å². The molecule has 3 aromatic rings. The first-order chi connectivity index (χ1) is 12.7. The maximum Gasteiger partial charge on any atom is 0.273 e. The van der Waals surface area contributed by atoms with Gasteiger partial charge in [0.05, 0.1) is 6.04 Å². The van der Waals surface area contributed by atoms with Gasteiger partial charge in [-0.05, 0) is 29.7 Å². The quantitative estimate of drug-likeness (QED) is 0.693. The zero-order chi connectivity index (χ0) is 17.7. The second-order valence-electron chi connectivity index (χ2n) is 7.43. The maximum atomic E-state index is 13.4. The van der Waals surface area contributed by atoms with Crippen molar-refractivity contribution in [1.29, 1.82) is 0 Å². The lowest BCUT2D eigenvalue weighted by atomic mass is 9.89. The number of hydrogen-bond acceptors (Lipinski definition) is 3. The Morgan fingerprint density at radius 3 is 2.64 bits per heavy atom. The second kappa shape index (κ2) is 8.11. The second-order valence-corrected chi connectivity index (χ2v) is 7.43. The smallest absolute Gasteiger partial charge is 0.273 e. The molecular formula is C21H24Cl2N4O. The summed E-state index contributed by atoms with van der Waals surface area (Å²) in [6, 6.07) is 16.4. The number of halogens is 2. The summed E-state index contributed by atoms with van der Waals surface area (Å²) in [6.07, 6.45) is 1.98. The third kappa shape index (κ3) is 3.28. The maximum absolute atomic E-state index is 13.4. The SMILES string of the molecule is Cl.Cl.Cn1ccc2ccc(C(=O)N3C[C@@H]4CNC[C@@H]4[C@H]3c3ccccc3)nc21. The van der Waals surface area contributed by atoms with E-state index in [1.807, 2.05) is 47.0 Å². The van der Waals surface area contributed by atoms with Crippen molar-refractivity contribution in [1.82, 2.24) is 19.8 Å². The van der Waals surface area contributed by atoms with E-state index in [2.05, 4.69) is 34.6 Å². The highest BCUT2D eigenvalue weighted by Gasteiger charge is 2.47. The number of nitrogens with zero attached hydrogens (tertiary/aromatic N) is 3. The van der Waals surface area contributed by atoms with Crippen molar-refractivity contribution in [2.45, 2.75) is 6.04 Å². The topological polar surface area (TPSA) is 50.2 Å². The number of carbonyl (C=O) groups is 1. The predicted octanol–water partition coefficient (Wildman–Crippen LogP) is 3.45. The normalized spacial score (nSPS) is 23.2. The van der Waals surface area contributed by atoms with Crippen LogP contribution in [0.2, 0.25) is 0 Å². The van der Waals surface area contributed by atoms with Crippen LogP contribution in [0.3, 0.4) is 0 Å². The molecule has 1 amide bonds. The molecule has 7 heteroatoms. The van der Waals surface area contributed by atoms with Crippen molar-refractivity contribution in [3.8, 4) is 0 Å². The fourth-order valence-electron chi connectivity index (χ4n) is 4.61. The number of nitrogens with one attached hydrogen (secondary N) is 1. The number of amides is 1. The molecule has 0 radical (unpaired) electrons. The molecule has 28 heavy (non-hydrogen) atoms. The Labute approximate surface area is 176 Å². The Morgan fingerprint density at radius 1 is 1.07 bits per heavy atom. The van der Waals surface area contributed by atoms with Gasteiger partial charge in [0.1, 0.15) is 11.3 Å². The van der Waals surface area contributed by atoms with Gasteiger partial charge in [0.2, 0.25) is 0 Å². The van der Waals surface area contributed by atoms with E-state index >= 15 is 0 Å². The largest absolute Gasteiger partial charge is 0.336 e. The highest BCUT2D eigenvalue weighted by molar-refractivity contribution is 5.95. The summed E-state index contributed by atoms with van der Waals surface area (Å²) in [4.78, 5) is 20.1. The summed E-state index contributed by atoms with van der Waals surface area (Å²) in [5.41, 5.74) is 2.61. The Morgan fingerprint density at radius 2 is 1.86 bits per heavy atom. The minimum atomic E-state index is 0. The average Bonchev–Trinajstić information content (AvgIpc) is 3.36. The monoisotopic (exact) mass is 418 g/mol. The van der Waals surface area contributed by atoms with Crippen LogP contribution in [0.1, 0.15) is 22.1 Å². The lowest BCUT2D eigenvalue weighted by molar-refractivity contribution is 0.0708. The molecule has 1 N–H and O–H groups in total. The Hall–Kier alpha value is -2.08. The number of aryl methyl sites for hydroxylation is 1. The summed E-state index contributed by atoms with van der Waals surface area (Å²) in [7, 11) is 1.96.